The summed E-state index contributed by atoms with van der Waals surface area (Å²) in [5.74, 6) is -1.59. The molecule has 0 spiro atoms. The first kappa shape index (κ1) is 12.9. The third-order valence-corrected chi connectivity index (χ3v) is 2.75. The van der Waals surface area contributed by atoms with E-state index in [9.17, 15) is 14.0 Å². The molecule has 0 fully saturated rings. The van der Waals surface area contributed by atoms with Crippen molar-refractivity contribution in [2.75, 3.05) is 0 Å². The number of aryl methyl sites for hydroxylation is 2. The van der Waals surface area contributed by atoms with Crippen LogP contribution < -0.4 is 5.69 Å². The fourth-order valence-corrected chi connectivity index (χ4v) is 1.71. The second-order valence-corrected chi connectivity index (χ2v) is 4.17. The molecule has 1 N–H and O–H groups in total. The van der Waals surface area contributed by atoms with E-state index in [0.717, 1.165) is 4.57 Å². The van der Waals surface area contributed by atoms with Gasteiger partial charge in [0.1, 0.15) is 11.4 Å². The molecule has 0 aliphatic carbocycles. The van der Waals surface area contributed by atoms with E-state index in [1.807, 2.05) is 0 Å². The van der Waals surface area contributed by atoms with Gasteiger partial charge >= 0.3 is 11.7 Å². The van der Waals surface area contributed by atoms with E-state index in [1.165, 1.54) is 31.4 Å². The number of carbonyl (C=O) groups is 1. The second kappa shape index (κ2) is 4.64. The number of carboxylic acid groups (broad SMARTS) is 1. The van der Waals surface area contributed by atoms with Gasteiger partial charge in [0.25, 0.3) is 0 Å². The fraction of sp³-hybridized carbons (Fsp3) is 0.154. The first-order chi connectivity index (χ1) is 8.90. The Morgan fingerprint density at radius 2 is 2.11 bits per heavy atom. The summed E-state index contributed by atoms with van der Waals surface area (Å²) in [5.41, 5.74) is 0.124. The molecule has 0 saturated carbocycles. The van der Waals surface area contributed by atoms with Crippen LogP contribution in [0.4, 0.5) is 4.39 Å². The van der Waals surface area contributed by atoms with Crippen LogP contribution in [0.3, 0.4) is 0 Å². The quantitative estimate of drug-likeness (QED) is 0.892. The first-order valence-electron chi connectivity index (χ1n) is 5.47. The standard InChI is InChI=1S/C13H11FN2O3/c1-7-5-8(3-4-10(7)14)11-9(12(17)18)6-16(2)13(19)15-11/h3-6H,1-2H3,(H,17,18). The van der Waals surface area contributed by atoms with Crippen molar-refractivity contribution in [3.05, 3.63) is 51.8 Å². The maximum Gasteiger partial charge on any atom is 0.347 e. The highest BCUT2D eigenvalue weighted by Crippen LogP contribution is 2.22. The van der Waals surface area contributed by atoms with Gasteiger partial charge in [0.2, 0.25) is 0 Å². The summed E-state index contributed by atoms with van der Waals surface area (Å²) in [4.78, 5) is 26.4. The summed E-state index contributed by atoms with van der Waals surface area (Å²) in [6.07, 6.45) is 1.20. The van der Waals surface area contributed by atoms with Crippen molar-refractivity contribution in [3.8, 4) is 11.3 Å². The molecule has 2 rings (SSSR count). The van der Waals surface area contributed by atoms with Crippen LogP contribution in [0.25, 0.3) is 11.3 Å². The fourth-order valence-electron chi connectivity index (χ4n) is 1.71. The highest BCUT2D eigenvalue weighted by atomic mass is 19.1. The average molecular weight is 262 g/mol. The lowest BCUT2D eigenvalue weighted by Crippen LogP contribution is -2.22. The molecule has 2 aromatic rings. The van der Waals surface area contributed by atoms with E-state index in [4.69, 9.17) is 5.11 Å². The van der Waals surface area contributed by atoms with E-state index >= 15 is 0 Å². The van der Waals surface area contributed by atoms with Gasteiger partial charge in [-0.2, -0.15) is 4.98 Å². The average Bonchev–Trinajstić information content (AvgIpc) is 2.35. The minimum absolute atomic E-state index is 0.0405. The summed E-state index contributed by atoms with van der Waals surface area (Å²) < 4.78 is 14.3. The maximum atomic E-state index is 13.2. The molecule has 1 aromatic carbocycles. The number of hydrogen-bond acceptors (Lipinski definition) is 3. The number of hydrogen-bond donors (Lipinski definition) is 1. The predicted octanol–water partition coefficient (Wildman–Crippen LogP) is 1.59. The molecule has 0 atom stereocenters. The topological polar surface area (TPSA) is 72.2 Å². The van der Waals surface area contributed by atoms with Crippen molar-refractivity contribution in [1.82, 2.24) is 9.55 Å². The molecule has 0 bridgehead atoms. The highest BCUT2D eigenvalue weighted by Gasteiger charge is 2.16. The number of rotatable bonds is 2. The van der Waals surface area contributed by atoms with Crippen molar-refractivity contribution in [2.24, 2.45) is 7.05 Å². The summed E-state index contributed by atoms with van der Waals surface area (Å²) in [6, 6.07) is 4.08. The molecule has 0 radical (unpaired) electrons. The van der Waals surface area contributed by atoms with Crippen LogP contribution in [-0.4, -0.2) is 20.6 Å². The molecule has 0 unspecified atom stereocenters. The molecular weight excluding hydrogens is 251 g/mol. The normalized spacial score (nSPS) is 10.5. The Hall–Kier alpha value is -2.50. The Morgan fingerprint density at radius 1 is 1.42 bits per heavy atom. The van der Waals surface area contributed by atoms with Crippen LogP contribution in [0.1, 0.15) is 15.9 Å². The van der Waals surface area contributed by atoms with Gasteiger partial charge in [0, 0.05) is 18.8 Å². The zero-order chi connectivity index (χ0) is 14.2. The molecule has 0 saturated heterocycles. The lowest BCUT2D eigenvalue weighted by Gasteiger charge is -2.08. The zero-order valence-corrected chi connectivity index (χ0v) is 10.3. The Morgan fingerprint density at radius 3 is 2.68 bits per heavy atom. The maximum absolute atomic E-state index is 13.2. The van der Waals surface area contributed by atoms with Crippen molar-refractivity contribution in [3.63, 3.8) is 0 Å². The van der Waals surface area contributed by atoms with Gasteiger partial charge < -0.3 is 9.67 Å². The van der Waals surface area contributed by atoms with Gasteiger partial charge in [-0.15, -0.1) is 0 Å². The molecular formula is C13H11FN2O3. The largest absolute Gasteiger partial charge is 0.478 e. The van der Waals surface area contributed by atoms with Crippen molar-refractivity contribution >= 4 is 5.97 Å². The molecule has 19 heavy (non-hydrogen) atoms. The van der Waals surface area contributed by atoms with E-state index in [1.54, 1.807) is 6.92 Å². The minimum Gasteiger partial charge on any atom is -0.478 e. The summed E-state index contributed by atoms with van der Waals surface area (Å²) in [5, 5.41) is 9.14. The van der Waals surface area contributed by atoms with Crippen molar-refractivity contribution in [2.45, 2.75) is 6.92 Å². The lowest BCUT2D eigenvalue weighted by atomic mass is 10.0. The Bertz CT molecular complexity index is 722. The number of halogens is 1. The van der Waals surface area contributed by atoms with Gasteiger partial charge in [-0.05, 0) is 30.7 Å². The van der Waals surface area contributed by atoms with Gasteiger partial charge in [0.15, 0.2) is 0 Å². The molecule has 0 amide bonds. The molecule has 6 heteroatoms. The predicted molar refractivity (Wildman–Crippen MR) is 66.6 cm³/mol. The number of carboxylic acids is 1. The number of aromatic nitrogens is 2. The van der Waals surface area contributed by atoms with Crippen LogP contribution in [0.15, 0.2) is 29.2 Å². The van der Waals surface area contributed by atoms with Crippen LogP contribution in [0.5, 0.6) is 0 Å². The van der Waals surface area contributed by atoms with Crippen molar-refractivity contribution < 1.29 is 14.3 Å². The van der Waals surface area contributed by atoms with E-state index in [2.05, 4.69) is 4.98 Å². The van der Waals surface area contributed by atoms with Crippen LogP contribution in [0, 0.1) is 12.7 Å². The number of aromatic carboxylic acids is 1. The van der Waals surface area contributed by atoms with Crippen LogP contribution in [0.2, 0.25) is 0 Å². The van der Waals surface area contributed by atoms with Crippen molar-refractivity contribution in [1.29, 1.82) is 0 Å². The van der Waals surface area contributed by atoms with Gasteiger partial charge in [-0.1, -0.05) is 0 Å². The van der Waals surface area contributed by atoms with Gasteiger partial charge in [-0.25, -0.2) is 14.0 Å². The van der Waals surface area contributed by atoms with Crippen LogP contribution in [-0.2, 0) is 7.05 Å². The van der Waals surface area contributed by atoms with Gasteiger partial charge in [0.05, 0.1) is 5.69 Å². The third kappa shape index (κ3) is 2.37. The number of nitrogens with zero attached hydrogens (tertiary/aromatic N) is 2. The Labute approximate surface area is 108 Å². The molecule has 1 heterocycles. The van der Waals surface area contributed by atoms with Crippen LogP contribution >= 0.6 is 0 Å². The summed E-state index contributed by atoms with van der Waals surface area (Å²) >= 11 is 0. The molecule has 1 aromatic heterocycles. The van der Waals surface area contributed by atoms with E-state index in [-0.39, 0.29) is 11.3 Å². The van der Waals surface area contributed by atoms with E-state index < -0.39 is 17.5 Å². The SMILES string of the molecule is Cc1cc(-c2nc(=O)n(C)cc2C(=O)O)ccc1F. The third-order valence-electron chi connectivity index (χ3n) is 2.75. The lowest BCUT2D eigenvalue weighted by molar-refractivity contribution is 0.0696. The molecule has 5 nitrogen and oxygen atoms in total. The number of benzene rings is 1. The van der Waals surface area contributed by atoms with Gasteiger partial charge in [-0.3, -0.25) is 0 Å². The Balaban J connectivity index is 2.73. The molecule has 0 aliphatic heterocycles. The molecule has 0 aliphatic rings. The minimum atomic E-state index is -1.19. The zero-order valence-electron chi connectivity index (χ0n) is 10.3. The van der Waals surface area contributed by atoms with E-state index in [0.29, 0.717) is 11.1 Å². The highest BCUT2D eigenvalue weighted by molar-refractivity contribution is 5.94. The first-order valence-corrected chi connectivity index (χ1v) is 5.47. The second-order valence-electron chi connectivity index (χ2n) is 4.17. The summed E-state index contributed by atoms with van der Waals surface area (Å²) in [7, 11) is 1.42. The Kier molecular flexibility index (Phi) is 3.16. The molecule has 98 valence electrons. The smallest absolute Gasteiger partial charge is 0.347 e. The summed E-state index contributed by atoms with van der Waals surface area (Å²) in [6.45, 7) is 1.56. The monoisotopic (exact) mass is 262 g/mol.